The molecule has 0 saturated carbocycles. The van der Waals surface area contributed by atoms with Crippen LogP contribution in [0.1, 0.15) is 5.56 Å². The number of nitrogens with zero attached hydrogens (tertiary/aromatic N) is 1. The Labute approximate surface area is 161 Å². The van der Waals surface area contributed by atoms with Crippen LogP contribution in [-0.2, 0) is 6.54 Å². The van der Waals surface area contributed by atoms with Gasteiger partial charge in [0.25, 0.3) is 11.1 Å². The van der Waals surface area contributed by atoms with E-state index in [0.29, 0.717) is 37.0 Å². The predicted octanol–water partition coefficient (Wildman–Crippen LogP) is 1.76. The average molecular weight is 379 g/mol. The molecule has 3 aromatic rings. The summed E-state index contributed by atoms with van der Waals surface area (Å²) in [4.78, 5) is 24.6. The molecule has 0 saturated heterocycles. The second-order valence-electron chi connectivity index (χ2n) is 6.62. The van der Waals surface area contributed by atoms with Gasteiger partial charge in [0.15, 0.2) is 0 Å². The van der Waals surface area contributed by atoms with Gasteiger partial charge < -0.3 is 14.8 Å². The summed E-state index contributed by atoms with van der Waals surface area (Å²) in [6, 6.07) is 12.5. The van der Waals surface area contributed by atoms with Crippen molar-refractivity contribution < 1.29 is 9.47 Å². The summed E-state index contributed by atoms with van der Waals surface area (Å²) in [5, 5.41) is 6.78. The van der Waals surface area contributed by atoms with E-state index in [1.807, 2.05) is 18.2 Å². The van der Waals surface area contributed by atoms with Crippen molar-refractivity contribution >= 4 is 16.8 Å². The van der Waals surface area contributed by atoms with Gasteiger partial charge in [-0.3, -0.25) is 14.7 Å². The fourth-order valence-electron chi connectivity index (χ4n) is 3.28. The molecule has 0 amide bonds. The second-order valence-corrected chi connectivity index (χ2v) is 6.62. The highest BCUT2D eigenvalue weighted by atomic mass is 16.5. The van der Waals surface area contributed by atoms with E-state index in [0.717, 1.165) is 22.6 Å². The molecule has 28 heavy (non-hydrogen) atoms. The zero-order valence-corrected chi connectivity index (χ0v) is 15.5. The molecule has 2 heterocycles. The minimum atomic E-state index is -0.260. The Bertz CT molecular complexity index is 1160. The molecule has 2 aromatic carbocycles. The van der Waals surface area contributed by atoms with E-state index >= 15 is 0 Å². The number of nitrogens with one attached hydrogen (secondary N) is 2. The first-order valence-corrected chi connectivity index (χ1v) is 9.08. The SMILES string of the molecule is COc1ccc2c(c1)C=C(CNCCn1[nH]c(=O)c3ccccc3c1=O)CO2. The van der Waals surface area contributed by atoms with Crippen LogP contribution in [-0.4, -0.2) is 36.6 Å². The van der Waals surface area contributed by atoms with Gasteiger partial charge >= 0.3 is 0 Å². The molecule has 0 radical (unpaired) electrons. The van der Waals surface area contributed by atoms with E-state index in [4.69, 9.17) is 9.47 Å². The monoisotopic (exact) mass is 379 g/mol. The molecule has 1 aromatic heterocycles. The number of hydrogen-bond acceptors (Lipinski definition) is 5. The minimum Gasteiger partial charge on any atom is -0.497 e. The van der Waals surface area contributed by atoms with Crippen molar-refractivity contribution in [2.45, 2.75) is 6.54 Å². The summed E-state index contributed by atoms with van der Waals surface area (Å²) in [5.74, 6) is 1.62. The number of aromatic nitrogens is 2. The maximum atomic E-state index is 12.5. The first-order valence-electron chi connectivity index (χ1n) is 9.08. The number of fused-ring (bicyclic) bond motifs is 2. The van der Waals surface area contributed by atoms with Crippen molar-refractivity contribution in [3.8, 4) is 11.5 Å². The Hall–Kier alpha value is -3.32. The fraction of sp³-hybridized carbons (Fsp3) is 0.238. The standard InChI is InChI=1S/C21H21N3O4/c1-27-16-6-7-19-15(11-16)10-14(13-28-19)12-22-8-9-24-21(26)18-5-3-2-4-17(18)20(25)23-24/h2-7,10-11,22H,8-9,12-13H2,1H3,(H,23,25). The Kier molecular flexibility index (Phi) is 4.99. The van der Waals surface area contributed by atoms with Crippen molar-refractivity contribution in [1.82, 2.24) is 15.1 Å². The van der Waals surface area contributed by atoms with Crippen LogP contribution in [0, 0.1) is 0 Å². The van der Waals surface area contributed by atoms with Gasteiger partial charge in [-0.1, -0.05) is 12.1 Å². The van der Waals surface area contributed by atoms with Crippen LogP contribution >= 0.6 is 0 Å². The molecular formula is C21H21N3O4. The molecular weight excluding hydrogens is 358 g/mol. The topological polar surface area (TPSA) is 85.4 Å². The highest BCUT2D eigenvalue weighted by Gasteiger charge is 2.12. The molecule has 0 bridgehead atoms. The van der Waals surface area contributed by atoms with Crippen LogP contribution in [0.4, 0.5) is 0 Å². The molecule has 0 spiro atoms. The fourth-order valence-corrected chi connectivity index (χ4v) is 3.28. The van der Waals surface area contributed by atoms with Crippen LogP contribution < -0.4 is 25.9 Å². The van der Waals surface area contributed by atoms with Gasteiger partial charge in [-0.25, -0.2) is 4.68 Å². The zero-order chi connectivity index (χ0) is 19.5. The van der Waals surface area contributed by atoms with Gasteiger partial charge in [0.2, 0.25) is 0 Å². The highest BCUT2D eigenvalue weighted by molar-refractivity contribution is 5.80. The summed E-state index contributed by atoms with van der Waals surface area (Å²) < 4.78 is 12.4. The molecule has 1 aliphatic heterocycles. The number of hydrogen-bond donors (Lipinski definition) is 2. The smallest absolute Gasteiger partial charge is 0.273 e. The van der Waals surface area contributed by atoms with Gasteiger partial charge in [-0.2, -0.15) is 0 Å². The van der Waals surface area contributed by atoms with Crippen LogP contribution in [0.25, 0.3) is 16.8 Å². The van der Waals surface area contributed by atoms with Crippen molar-refractivity contribution in [1.29, 1.82) is 0 Å². The van der Waals surface area contributed by atoms with Gasteiger partial charge in [-0.15, -0.1) is 0 Å². The predicted molar refractivity (Wildman–Crippen MR) is 108 cm³/mol. The zero-order valence-electron chi connectivity index (χ0n) is 15.5. The number of ether oxygens (including phenoxy) is 2. The molecule has 4 rings (SSSR count). The summed E-state index contributed by atoms with van der Waals surface area (Å²) >= 11 is 0. The third-order valence-electron chi connectivity index (χ3n) is 4.74. The largest absolute Gasteiger partial charge is 0.497 e. The Balaban J connectivity index is 1.41. The summed E-state index contributed by atoms with van der Waals surface area (Å²) in [6.45, 7) is 2.05. The number of aromatic amines is 1. The summed E-state index contributed by atoms with van der Waals surface area (Å²) in [5.41, 5.74) is 1.62. The molecule has 0 atom stereocenters. The van der Waals surface area contributed by atoms with Crippen LogP contribution in [0.5, 0.6) is 11.5 Å². The maximum Gasteiger partial charge on any atom is 0.273 e. The van der Waals surface area contributed by atoms with Crippen LogP contribution in [0.2, 0.25) is 0 Å². The van der Waals surface area contributed by atoms with Crippen molar-refractivity contribution in [2.75, 3.05) is 26.8 Å². The lowest BCUT2D eigenvalue weighted by Crippen LogP contribution is -2.34. The average Bonchev–Trinajstić information content (AvgIpc) is 2.74. The Morgan fingerprint density at radius 2 is 2.00 bits per heavy atom. The Morgan fingerprint density at radius 3 is 2.82 bits per heavy atom. The van der Waals surface area contributed by atoms with E-state index in [1.165, 1.54) is 4.68 Å². The van der Waals surface area contributed by atoms with E-state index in [9.17, 15) is 9.59 Å². The minimum absolute atomic E-state index is 0.196. The number of rotatable bonds is 6. The van der Waals surface area contributed by atoms with Crippen molar-refractivity contribution in [2.24, 2.45) is 0 Å². The molecule has 1 aliphatic rings. The third-order valence-corrected chi connectivity index (χ3v) is 4.74. The molecule has 0 aliphatic carbocycles. The first kappa shape index (κ1) is 18.1. The molecule has 2 N–H and O–H groups in total. The lowest BCUT2D eigenvalue weighted by Gasteiger charge is -2.19. The lowest BCUT2D eigenvalue weighted by atomic mass is 10.1. The highest BCUT2D eigenvalue weighted by Crippen LogP contribution is 2.29. The lowest BCUT2D eigenvalue weighted by molar-refractivity contribution is 0.341. The van der Waals surface area contributed by atoms with Crippen molar-refractivity contribution in [3.63, 3.8) is 0 Å². The van der Waals surface area contributed by atoms with E-state index in [1.54, 1.807) is 31.4 Å². The number of methoxy groups -OCH3 is 1. The molecule has 0 fully saturated rings. The van der Waals surface area contributed by atoms with Gasteiger partial charge in [0.1, 0.15) is 18.1 Å². The van der Waals surface area contributed by atoms with Crippen LogP contribution in [0.15, 0.2) is 57.6 Å². The van der Waals surface area contributed by atoms with E-state index in [-0.39, 0.29) is 11.1 Å². The molecule has 144 valence electrons. The van der Waals surface area contributed by atoms with Crippen LogP contribution in [0.3, 0.4) is 0 Å². The van der Waals surface area contributed by atoms with Gasteiger partial charge in [-0.05, 0) is 42.0 Å². The normalized spacial score (nSPS) is 13.0. The molecule has 7 heteroatoms. The molecule has 7 nitrogen and oxygen atoms in total. The second kappa shape index (κ2) is 7.74. The van der Waals surface area contributed by atoms with Crippen molar-refractivity contribution in [3.05, 3.63) is 74.3 Å². The quantitative estimate of drug-likeness (QED) is 0.638. The number of H-pyrrole nitrogens is 1. The van der Waals surface area contributed by atoms with Gasteiger partial charge in [0, 0.05) is 18.7 Å². The van der Waals surface area contributed by atoms with Gasteiger partial charge in [0.05, 0.1) is 24.4 Å². The first-order chi connectivity index (χ1) is 13.7. The van der Waals surface area contributed by atoms with E-state index in [2.05, 4.69) is 16.5 Å². The maximum absolute atomic E-state index is 12.5. The molecule has 0 unspecified atom stereocenters. The number of benzene rings is 2. The third kappa shape index (κ3) is 3.57. The summed E-state index contributed by atoms with van der Waals surface area (Å²) in [7, 11) is 1.64. The Morgan fingerprint density at radius 1 is 1.18 bits per heavy atom. The van der Waals surface area contributed by atoms with E-state index < -0.39 is 0 Å². The summed E-state index contributed by atoms with van der Waals surface area (Å²) in [6.07, 6.45) is 2.08.